The molecule has 2 atom stereocenters. The molecule has 0 N–H and O–H groups in total. The van der Waals surface area contributed by atoms with Crippen LogP contribution in [0, 0.1) is 10.1 Å². The largest absolute Gasteiger partial charge is 0.333 e. The number of carbonyl (C=O) groups is 1. The molecule has 0 saturated carbocycles. The molecule has 1 amide bonds. The van der Waals surface area contributed by atoms with E-state index in [9.17, 15) is 14.9 Å². The SMILES string of the molecule is O=C(c1ccc([N+](=O)[O-])cc1)N1C2CCC1CC(Br)C2. The Bertz CT molecular complexity index is 532. The van der Waals surface area contributed by atoms with E-state index >= 15 is 0 Å². The number of hydrogen-bond acceptors (Lipinski definition) is 3. The highest BCUT2D eigenvalue weighted by Gasteiger charge is 2.42. The molecule has 2 saturated heterocycles. The Balaban J connectivity index is 1.81. The number of rotatable bonds is 2. The fourth-order valence-corrected chi connectivity index (χ4v) is 4.18. The smallest absolute Gasteiger partial charge is 0.269 e. The van der Waals surface area contributed by atoms with E-state index in [2.05, 4.69) is 15.9 Å². The van der Waals surface area contributed by atoms with E-state index in [1.54, 1.807) is 12.1 Å². The minimum atomic E-state index is -0.450. The van der Waals surface area contributed by atoms with Crippen molar-refractivity contribution in [3.8, 4) is 0 Å². The minimum absolute atomic E-state index is 0.00629. The summed E-state index contributed by atoms with van der Waals surface area (Å²) in [6.07, 6.45) is 4.11. The van der Waals surface area contributed by atoms with Gasteiger partial charge < -0.3 is 4.90 Å². The first kappa shape index (κ1) is 13.5. The molecule has 20 heavy (non-hydrogen) atoms. The van der Waals surface area contributed by atoms with Crippen molar-refractivity contribution in [3.05, 3.63) is 39.9 Å². The van der Waals surface area contributed by atoms with Gasteiger partial charge in [-0.05, 0) is 37.8 Å². The van der Waals surface area contributed by atoms with Gasteiger partial charge in [0.05, 0.1) is 4.92 Å². The molecule has 2 heterocycles. The number of non-ortho nitro benzene ring substituents is 1. The van der Waals surface area contributed by atoms with E-state index in [-0.39, 0.29) is 11.6 Å². The predicted molar refractivity (Wildman–Crippen MR) is 78.0 cm³/mol. The quantitative estimate of drug-likeness (QED) is 0.472. The average molecular weight is 339 g/mol. The molecule has 1 aromatic rings. The van der Waals surface area contributed by atoms with Gasteiger partial charge in [0.15, 0.2) is 0 Å². The van der Waals surface area contributed by atoms with E-state index < -0.39 is 4.92 Å². The van der Waals surface area contributed by atoms with Crippen LogP contribution in [-0.4, -0.2) is 32.6 Å². The Kier molecular flexibility index (Phi) is 3.50. The second kappa shape index (κ2) is 5.16. The number of halogens is 1. The van der Waals surface area contributed by atoms with Crippen LogP contribution in [0.2, 0.25) is 0 Å². The number of hydrogen-bond donors (Lipinski definition) is 0. The summed E-state index contributed by atoms with van der Waals surface area (Å²) in [6.45, 7) is 0. The summed E-state index contributed by atoms with van der Waals surface area (Å²) in [5, 5.41) is 10.6. The summed E-state index contributed by atoms with van der Waals surface area (Å²) in [5.74, 6) is 0.00629. The highest BCUT2D eigenvalue weighted by molar-refractivity contribution is 9.09. The van der Waals surface area contributed by atoms with Crippen molar-refractivity contribution in [1.29, 1.82) is 0 Å². The van der Waals surface area contributed by atoms with Gasteiger partial charge in [-0.3, -0.25) is 14.9 Å². The second-order valence-electron chi connectivity index (χ2n) is 5.47. The lowest BCUT2D eigenvalue weighted by atomic mass is 10.0. The van der Waals surface area contributed by atoms with Gasteiger partial charge in [-0.1, -0.05) is 15.9 Å². The third kappa shape index (κ3) is 2.32. The van der Waals surface area contributed by atoms with Crippen LogP contribution >= 0.6 is 15.9 Å². The van der Waals surface area contributed by atoms with Gasteiger partial charge in [-0.15, -0.1) is 0 Å². The monoisotopic (exact) mass is 338 g/mol. The van der Waals surface area contributed by atoms with Crippen molar-refractivity contribution in [2.45, 2.75) is 42.6 Å². The summed E-state index contributed by atoms with van der Waals surface area (Å²) in [4.78, 5) is 25.3. The first-order valence-electron chi connectivity index (χ1n) is 6.77. The van der Waals surface area contributed by atoms with E-state index in [1.165, 1.54) is 12.1 Å². The number of benzene rings is 1. The summed E-state index contributed by atoms with van der Waals surface area (Å²) in [7, 11) is 0. The molecule has 2 aliphatic rings. The highest BCUT2D eigenvalue weighted by atomic mass is 79.9. The number of amides is 1. The van der Waals surface area contributed by atoms with Crippen LogP contribution in [0.4, 0.5) is 5.69 Å². The molecule has 0 aliphatic carbocycles. The van der Waals surface area contributed by atoms with Gasteiger partial charge in [-0.25, -0.2) is 0 Å². The third-order valence-electron chi connectivity index (χ3n) is 4.24. The lowest BCUT2D eigenvalue weighted by Gasteiger charge is -2.37. The Morgan fingerprint density at radius 1 is 1.20 bits per heavy atom. The van der Waals surface area contributed by atoms with Gasteiger partial charge in [0.2, 0.25) is 0 Å². The van der Waals surface area contributed by atoms with Crippen molar-refractivity contribution in [1.82, 2.24) is 4.90 Å². The summed E-state index contributed by atoms with van der Waals surface area (Å²) in [6, 6.07) is 6.51. The van der Waals surface area contributed by atoms with Crippen molar-refractivity contribution in [3.63, 3.8) is 0 Å². The summed E-state index contributed by atoms with van der Waals surface area (Å²) >= 11 is 3.65. The number of nitro benzene ring substituents is 1. The Labute approximate surface area is 125 Å². The zero-order valence-electron chi connectivity index (χ0n) is 10.9. The number of nitrogens with zero attached hydrogens (tertiary/aromatic N) is 2. The first-order valence-corrected chi connectivity index (χ1v) is 7.69. The van der Waals surface area contributed by atoms with Gasteiger partial charge >= 0.3 is 0 Å². The lowest BCUT2D eigenvalue weighted by Crippen LogP contribution is -2.46. The fourth-order valence-electron chi connectivity index (χ4n) is 3.32. The van der Waals surface area contributed by atoms with E-state index in [1.807, 2.05) is 4.90 Å². The van der Waals surface area contributed by atoms with Gasteiger partial charge in [0, 0.05) is 34.6 Å². The Morgan fingerprint density at radius 2 is 1.75 bits per heavy atom. The maximum atomic E-state index is 12.6. The van der Waals surface area contributed by atoms with Crippen molar-refractivity contribution in [2.24, 2.45) is 0 Å². The Morgan fingerprint density at radius 3 is 2.25 bits per heavy atom. The van der Waals surface area contributed by atoms with Crippen LogP contribution in [-0.2, 0) is 0 Å². The molecule has 1 aromatic carbocycles. The van der Waals surface area contributed by atoms with Crippen LogP contribution in [0.25, 0.3) is 0 Å². The number of carbonyl (C=O) groups excluding carboxylic acids is 1. The lowest BCUT2D eigenvalue weighted by molar-refractivity contribution is -0.384. The molecular weight excluding hydrogens is 324 g/mol. The number of piperidine rings is 1. The van der Waals surface area contributed by atoms with Crippen LogP contribution in [0.5, 0.6) is 0 Å². The summed E-state index contributed by atoms with van der Waals surface area (Å²) < 4.78 is 0. The molecule has 2 bridgehead atoms. The van der Waals surface area contributed by atoms with Crippen LogP contribution < -0.4 is 0 Å². The van der Waals surface area contributed by atoms with Gasteiger partial charge in [0.1, 0.15) is 0 Å². The molecule has 106 valence electrons. The topological polar surface area (TPSA) is 63.4 Å². The molecule has 2 aliphatic heterocycles. The zero-order valence-corrected chi connectivity index (χ0v) is 12.5. The van der Waals surface area contributed by atoms with E-state index in [0.29, 0.717) is 22.5 Å². The van der Waals surface area contributed by atoms with Gasteiger partial charge in [0.25, 0.3) is 11.6 Å². The molecule has 3 rings (SSSR count). The first-order chi connectivity index (χ1) is 9.56. The fraction of sp³-hybridized carbons (Fsp3) is 0.500. The maximum Gasteiger partial charge on any atom is 0.269 e. The molecule has 5 nitrogen and oxygen atoms in total. The van der Waals surface area contributed by atoms with E-state index in [0.717, 1.165) is 25.7 Å². The molecular formula is C14H15BrN2O3. The van der Waals surface area contributed by atoms with Crippen molar-refractivity contribution >= 4 is 27.5 Å². The van der Waals surface area contributed by atoms with Crippen LogP contribution in [0.1, 0.15) is 36.0 Å². The number of nitro groups is 1. The van der Waals surface area contributed by atoms with Crippen molar-refractivity contribution in [2.75, 3.05) is 0 Å². The number of alkyl halides is 1. The van der Waals surface area contributed by atoms with Crippen LogP contribution in [0.15, 0.2) is 24.3 Å². The normalized spacial score (nSPS) is 28.4. The molecule has 0 radical (unpaired) electrons. The molecule has 2 fully saturated rings. The van der Waals surface area contributed by atoms with Crippen molar-refractivity contribution < 1.29 is 9.72 Å². The average Bonchev–Trinajstić information content (AvgIpc) is 2.70. The summed E-state index contributed by atoms with van der Waals surface area (Å²) in [5.41, 5.74) is 0.559. The predicted octanol–water partition coefficient (Wildman–Crippen LogP) is 3.13. The van der Waals surface area contributed by atoms with Gasteiger partial charge in [-0.2, -0.15) is 0 Å². The minimum Gasteiger partial charge on any atom is -0.333 e. The second-order valence-corrected chi connectivity index (χ2v) is 6.77. The third-order valence-corrected chi connectivity index (χ3v) is 4.98. The Hall–Kier alpha value is -1.43. The maximum absolute atomic E-state index is 12.6. The van der Waals surface area contributed by atoms with Crippen LogP contribution in [0.3, 0.4) is 0 Å². The van der Waals surface area contributed by atoms with E-state index in [4.69, 9.17) is 0 Å². The molecule has 2 unspecified atom stereocenters. The molecule has 0 spiro atoms. The molecule has 0 aromatic heterocycles. The highest BCUT2D eigenvalue weighted by Crippen LogP contribution is 2.39. The number of fused-ring (bicyclic) bond motifs is 2. The molecule has 6 heteroatoms. The standard InChI is InChI=1S/C14H15BrN2O3/c15-10-7-12-5-6-13(8-10)16(12)14(18)9-1-3-11(4-2-9)17(19)20/h1-4,10,12-13H,5-8H2. The zero-order chi connectivity index (χ0) is 14.3.